The van der Waals surface area contributed by atoms with Crippen LogP contribution < -0.4 is 15.8 Å². The van der Waals surface area contributed by atoms with Crippen molar-refractivity contribution in [2.45, 2.75) is 40.0 Å². The van der Waals surface area contributed by atoms with Crippen LogP contribution in [0.5, 0.6) is 5.75 Å². The number of nitrogens with zero attached hydrogens (tertiary/aromatic N) is 5. The Balaban J connectivity index is 0.00000155. The molecule has 9 nitrogen and oxygen atoms in total. The fourth-order valence-electron chi connectivity index (χ4n) is 2.55. The van der Waals surface area contributed by atoms with Crippen LogP contribution in [0.1, 0.15) is 56.2 Å². The molecule has 3 rings (SSSR count). The maximum atomic E-state index is 12.6. The van der Waals surface area contributed by atoms with E-state index >= 15 is 0 Å². The third-order valence-corrected chi connectivity index (χ3v) is 4.23. The summed E-state index contributed by atoms with van der Waals surface area (Å²) < 4.78 is 5.57. The van der Waals surface area contributed by atoms with Crippen LogP contribution in [0.4, 0.5) is 5.82 Å². The van der Waals surface area contributed by atoms with E-state index in [0.717, 1.165) is 12.2 Å². The van der Waals surface area contributed by atoms with E-state index in [1.54, 1.807) is 12.4 Å². The van der Waals surface area contributed by atoms with Gasteiger partial charge in [-0.1, -0.05) is 45.9 Å². The highest BCUT2D eigenvalue weighted by Gasteiger charge is 2.22. The molecule has 1 aromatic carbocycles. The molecule has 0 aliphatic carbocycles. The predicted octanol–water partition coefficient (Wildman–Crippen LogP) is 2.99. The molecule has 3 aromatic rings. The smallest absolute Gasteiger partial charge is 0.273 e. The Morgan fingerprint density at radius 1 is 1.17 bits per heavy atom. The zero-order chi connectivity index (χ0) is 21.9. The first kappa shape index (κ1) is 22.8. The van der Waals surface area contributed by atoms with Gasteiger partial charge in [0.05, 0.1) is 24.6 Å². The summed E-state index contributed by atoms with van der Waals surface area (Å²) in [5.74, 6) is 0.862. The molecule has 2 aromatic heterocycles. The van der Waals surface area contributed by atoms with Gasteiger partial charge < -0.3 is 15.8 Å². The molecular weight excluding hydrogens is 382 g/mol. The highest BCUT2D eigenvalue weighted by Crippen LogP contribution is 2.24. The number of rotatable bonds is 8. The zero-order valence-electron chi connectivity index (χ0n) is 17.9. The fourth-order valence-corrected chi connectivity index (χ4v) is 2.55. The normalized spacial score (nSPS) is 11.2. The minimum atomic E-state index is -0.397. The Morgan fingerprint density at radius 3 is 2.47 bits per heavy atom. The first-order chi connectivity index (χ1) is 14.6. The van der Waals surface area contributed by atoms with Crippen LogP contribution in [-0.2, 0) is 0 Å². The van der Waals surface area contributed by atoms with Gasteiger partial charge >= 0.3 is 0 Å². The minimum Gasteiger partial charge on any atom is -0.492 e. The monoisotopic (exact) mass is 411 g/mol. The van der Waals surface area contributed by atoms with Gasteiger partial charge in [0, 0.05) is 5.92 Å². The van der Waals surface area contributed by atoms with Crippen molar-refractivity contribution in [2.75, 3.05) is 18.9 Å². The Kier molecular flexibility index (Phi) is 8.74. The van der Waals surface area contributed by atoms with Crippen LogP contribution in [0.3, 0.4) is 0 Å². The van der Waals surface area contributed by atoms with Gasteiger partial charge in [-0.05, 0) is 18.6 Å². The standard InChI is InChI=1S/C19H23N7O2.C2H6/c1-3-13(2)15-18(26-22-9-10-23-26)25-17(20)16(24-15)19(27)21-11-12-28-14-7-5-4-6-8-14;1-2/h4-10,13H,3,11-12H2,1-2H3,(H2,20,25)(H,21,27);1-2H3. The van der Waals surface area contributed by atoms with Gasteiger partial charge in [0.25, 0.3) is 5.91 Å². The third-order valence-electron chi connectivity index (χ3n) is 4.23. The van der Waals surface area contributed by atoms with Crippen LogP contribution in [0.2, 0.25) is 0 Å². The van der Waals surface area contributed by atoms with E-state index in [4.69, 9.17) is 10.5 Å². The van der Waals surface area contributed by atoms with E-state index in [1.807, 2.05) is 58.0 Å². The summed E-state index contributed by atoms with van der Waals surface area (Å²) in [5, 5.41) is 11.0. The second-order valence-electron chi connectivity index (χ2n) is 6.21. The van der Waals surface area contributed by atoms with Crippen molar-refractivity contribution >= 4 is 11.7 Å². The molecule has 3 N–H and O–H groups in total. The number of para-hydroxylation sites is 1. The van der Waals surface area contributed by atoms with Crippen molar-refractivity contribution in [2.24, 2.45) is 0 Å². The molecule has 0 spiro atoms. The van der Waals surface area contributed by atoms with Crippen molar-refractivity contribution in [3.8, 4) is 11.6 Å². The van der Waals surface area contributed by atoms with Crippen LogP contribution >= 0.6 is 0 Å². The van der Waals surface area contributed by atoms with Crippen molar-refractivity contribution in [1.29, 1.82) is 0 Å². The molecule has 0 bridgehead atoms. The molecule has 0 saturated heterocycles. The number of benzene rings is 1. The van der Waals surface area contributed by atoms with Gasteiger partial charge in [-0.2, -0.15) is 10.2 Å². The number of carbonyl (C=O) groups is 1. The molecule has 9 heteroatoms. The van der Waals surface area contributed by atoms with Crippen molar-refractivity contribution in [3.63, 3.8) is 0 Å². The van der Waals surface area contributed by atoms with E-state index in [2.05, 4.69) is 25.5 Å². The second kappa shape index (κ2) is 11.5. The average Bonchev–Trinajstić information content (AvgIpc) is 3.33. The lowest BCUT2D eigenvalue weighted by Crippen LogP contribution is -2.30. The molecule has 0 fully saturated rings. The van der Waals surface area contributed by atoms with Crippen LogP contribution in [0.25, 0.3) is 5.82 Å². The van der Waals surface area contributed by atoms with Crippen molar-refractivity contribution < 1.29 is 9.53 Å². The Labute approximate surface area is 176 Å². The lowest BCUT2D eigenvalue weighted by atomic mass is 10.0. The highest BCUT2D eigenvalue weighted by atomic mass is 16.5. The van der Waals surface area contributed by atoms with Gasteiger partial charge in [0.15, 0.2) is 17.3 Å². The van der Waals surface area contributed by atoms with Crippen LogP contribution in [0, 0.1) is 0 Å². The summed E-state index contributed by atoms with van der Waals surface area (Å²) in [5.41, 5.74) is 6.71. The number of nitrogens with one attached hydrogen (secondary N) is 1. The number of carbonyl (C=O) groups excluding carboxylic acids is 1. The quantitative estimate of drug-likeness (QED) is 0.547. The zero-order valence-corrected chi connectivity index (χ0v) is 17.9. The van der Waals surface area contributed by atoms with E-state index in [1.165, 1.54) is 4.80 Å². The number of hydrogen-bond donors (Lipinski definition) is 2. The summed E-state index contributed by atoms with van der Waals surface area (Å²) in [4.78, 5) is 22.7. The summed E-state index contributed by atoms with van der Waals surface area (Å²) in [6.45, 7) is 8.68. The van der Waals surface area contributed by atoms with E-state index < -0.39 is 5.91 Å². The van der Waals surface area contributed by atoms with Gasteiger partial charge in [-0.25, -0.2) is 9.97 Å². The Morgan fingerprint density at radius 2 is 1.83 bits per heavy atom. The summed E-state index contributed by atoms with van der Waals surface area (Å²) in [7, 11) is 0. The number of hydrogen-bond acceptors (Lipinski definition) is 7. The summed E-state index contributed by atoms with van der Waals surface area (Å²) >= 11 is 0. The van der Waals surface area contributed by atoms with Gasteiger partial charge in [0.1, 0.15) is 12.4 Å². The first-order valence-electron chi connectivity index (χ1n) is 10.1. The molecule has 1 amide bonds. The second-order valence-corrected chi connectivity index (χ2v) is 6.21. The van der Waals surface area contributed by atoms with Gasteiger partial charge in [-0.15, -0.1) is 4.80 Å². The highest BCUT2D eigenvalue weighted by molar-refractivity contribution is 5.96. The molecule has 160 valence electrons. The lowest BCUT2D eigenvalue weighted by molar-refractivity contribution is 0.0942. The predicted molar refractivity (Wildman–Crippen MR) is 116 cm³/mol. The number of anilines is 1. The number of nitrogens with two attached hydrogens (primary N) is 1. The van der Waals surface area contributed by atoms with E-state index in [0.29, 0.717) is 24.7 Å². The Bertz CT molecular complexity index is 915. The largest absolute Gasteiger partial charge is 0.492 e. The Hall–Kier alpha value is -3.49. The molecule has 0 aliphatic rings. The summed E-state index contributed by atoms with van der Waals surface area (Å²) in [6.07, 6.45) is 3.91. The van der Waals surface area contributed by atoms with Crippen molar-refractivity contribution in [1.82, 2.24) is 30.3 Å². The third kappa shape index (κ3) is 5.76. The minimum absolute atomic E-state index is 0.0285. The van der Waals surface area contributed by atoms with Gasteiger partial charge in [-0.3, -0.25) is 4.79 Å². The van der Waals surface area contributed by atoms with Crippen molar-refractivity contribution in [3.05, 3.63) is 54.1 Å². The van der Waals surface area contributed by atoms with Crippen LogP contribution in [0.15, 0.2) is 42.7 Å². The molecule has 1 atom stereocenters. The molecule has 30 heavy (non-hydrogen) atoms. The number of nitrogen functional groups attached to an aromatic ring is 1. The summed E-state index contributed by atoms with van der Waals surface area (Å²) in [6, 6.07) is 9.39. The molecule has 2 heterocycles. The lowest BCUT2D eigenvalue weighted by Gasteiger charge is -2.15. The fraction of sp³-hybridized carbons (Fsp3) is 0.381. The molecular formula is C21H29N7O2. The maximum absolute atomic E-state index is 12.6. The SMILES string of the molecule is CC.CCC(C)c1nc(C(=O)NCCOc2ccccc2)c(N)nc1-n1nccn1. The first-order valence-corrected chi connectivity index (χ1v) is 10.1. The van der Waals surface area contributed by atoms with E-state index in [-0.39, 0.29) is 17.4 Å². The van der Waals surface area contributed by atoms with E-state index in [9.17, 15) is 4.79 Å². The molecule has 1 unspecified atom stereocenters. The van der Waals surface area contributed by atoms with Crippen LogP contribution in [-0.4, -0.2) is 44.0 Å². The van der Waals surface area contributed by atoms with Gasteiger partial charge in [0.2, 0.25) is 0 Å². The topological polar surface area (TPSA) is 121 Å². The molecule has 0 aliphatic heterocycles. The molecule has 0 radical (unpaired) electrons. The molecule has 0 saturated carbocycles. The maximum Gasteiger partial charge on any atom is 0.273 e. The number of aromatic nitrogens is 5. The number of amides is 1. The average molecular weight is 412 g/mol. The number of ether oxygens (including phenoxy) is 1.